The predicted molar refractivity (Wildman–Crippen MR) is 209 cm³/mol. The van der Waals surface area contributed by atoms with Gasteiger partial charge in [-0.3, -0.25) is 14.8 Å². The standard InChI is InChI=1S/C20H11ClF4N4O2S.C19H9ClF4N4O3/c1-32-19(30)15-16(14-12(21)5-2-6-13(14)22)28-31-17(15)11-9-27-29(18(11)20(23,24)25)10-4-3-7-26-8-10;20-11-4-1-5-12(21)13(11)15-14(18(29)30)16(31-27-15)10-8-26-28(17(10)19(22,23)24)9-3-2-6-25-7-9/h2-9H,1H3;1-8H,(H,29,30). The van der Waals surface area contributed by atoms with Gasteiger partial charge in [0.25, 0.3) is 0 Å². The summed E-state index contributed by atoms with van der Waals surface area (Å²) < 4.78 is 124. The molecule has 0 amide bonds. The van der Waals surface area contributed by atoms with Crippen molar-refractivity contribution in [2.45, 2.75) is 12.4 Å². The molecular weight excluding hydrogens is 915 g/mol. The Morgan fingerprint density at radius 1 is 0.651 bits per heavy atom. The molecule has 6 heterocycles. The average Bonchev–Trinajstić information content (AvgIpc) is 4.06. The van der Waals surface area contributed by atoms with Crippen LogP contribution < -0.4 is 0 Å². The Morgan fingerprint density at radius 2 is 1.08 bits per heavy atom. The SMILES string of the molecule is CSC(=O)c1c(-c2c(F)cccc2Cl)noc1-c1cnn(-c2cccnc2)c1C(F)(F)F.O=C(O)c1c(-c2c(F)cccc2Cl)noc1-c1cnn(-c2cccnc2)c1C(F)(F)F. The number of rotatable bonds is 8. The topological polar surface area (TPSA) is 168 Å². The highest BCUT2D eigenvalue weighted by molar-refractivity contribution is 8.13. The number of carboxylic acids is 1. The summed E-state index contributed by atoms with van der Waals surface area (Å²) in [7, 11) is 0. The lowest BCUT2D eigenvalue weighted by molar-refractivity contribution is -0.143. The molecule has 6 aromatic heterocycles. The third-order valence-corrected chi connectivity index (χ3v) is 9.94. The van der Waals surface area contributed by atoms with Gasteiger partial charge in [0.05, 0.1) is 68.5 Å². The first-order chi connectivity index (χ1) is 29.9. The maximum Gasteiger partial charge on any atom is 0.434 e. The van der Waals surface area contributed by atoms with Crippen LogP contribution in [0.3, 0.4) is 0 Å². The number of carboxylic acid groups (broad SMARTS) is 1. The van der Waals surface area contributed by atoms with Crippen molar-refractivity contribution in [1.29, 1.82) is 0 Å². The van der Waals surface area contributed by atoms with E-state index >= 15 is 0 Å². The minimum Gasteiger partial charge on any atom is -0.477 e. The number of halogens is 10. The Balaban J connectivity index is 0.000000189. The monoisotopic (exact) mass is 934 g/mol. The quantitative estimate of drug-likeness (QED) is 0.143. The zero-order valence-electron chi connectivity index (χ0n) is 31.1. The predicted octanol–water partition coefficient (Wildman–Crippen LogP) is 11.0. The molecular formula is C39H20Cl2F8N8O5S. The number of hydrogen-bond donors (Lipinski definition) is 1. The molecule has 0 saturated heterocycles. The molecule has 0 unspecified atom stereocenters. The van der Waals surface area contributed by atoms with Crippen LogP contribution in [0.15, 0.2) is 107 Å². The molecule has 2 aromatic carbocycles. The second-order valence-electron chi connectivity index (χ2n) is 12.5. The first-order valence-electron chi connectivity index (χ1n) is 17.3. The number of aromatic carboxylic acids is 1. The van der Waals surface area contributed by atoms with Crippen molar-refractivity contribution in [1.82, 2.24) is 39.8 Å². The zero-order chi connectivity index (χ0) is 45.4. The van der Waals surface area contributed by atoms with Gasteiger partial charge < -0.3 is 14.2 Å². The summed E-state index contributed by atoms with van der Waals surface area (Å²) in [6.07, 6.45) is -1.61. The molecule has 13 nitrogen and oxygen atoms in total. The van der Waals surface area contributed by atoms with Gasteiger partial charge in [0.1, 0.15) is 34.1 Å². The van der Waals surface area contributed by atoms with Gasteiger partial charge in [-0.05, 0) is 54.8 Å². The molecule has 1 N–H and O–H groups in total. The number of alkyl halides is 6. The maximum absolute atomic E-state index is 14.5. The van der Waals surface area contributed by atoms with Crippen LogP contribution >= 0.6 is 35.0 Å². The van der Waals surface area contributed by atoms with Crippen molar-refractivity contribution in [2.24, 2.45) is 0 Å². The third-order valence-electron chi connectivity index (χ3n) is 8.73. The molecule has 0 aliphatic rings. The van der Waals surface area contributed by atoms with E-state index in [-0.39, 0.29) is 38.2 Å². The van der Waals surface area contributed by atoms with Crippen molar-refractivity contribution >= 4 is 46.0 Å². The van der Waals surface area contributed by atoms with Gasteiger partial charge in [-0.15, -0.1) is 0 Å². The second-order valence-corrected chi connectivity index (χ2v) is 14.1. The molecule has 0 bridgehead atoms. The van der Waals surface area contributed by atoms with Crippen molar-refractivity contribution in [3.05, 3.63) is 142 Å². The van der Waals surface area contributed by atoms with Crippen LogP contribution in [0.1, 0.15) is 32.1 Å². The van der Waals surface area contributed by atoms with Gasteiger partial charge in [-0.1, -0.05) is 57.4 Å². The van der Waals surface area contributed by atoms with Crippen LogP contribution in [0.4, 0.5) is 35.1 Å². The average molecular weight is 936 g/mol. The fourth-order valence-electron chi connectivity index (χ4n) is 6.15. The van der Waals surface area contributed by atoms with Crippen LogP contribution in [-0.2, 0) is 12.4 Å². The van der Waals surface area contributed by atoms with E-state index in [0.717, 1.165) is 30.7 Å². The van der Waals surface area contributed by atoms with E-state index in [1.807, 2.05) is 0 Å². The second kappa shape index (κ2) is 17.5. The number of carbonyl (C=O) groups is 2. The summed E-state index contributed by atoms with van der Waals surface area (Å²) in [5.41, 5.74) is -6.38. The molecule has 63 heavy (non-hydrogen) atoms. The van der Waals surface area contributed by atoms with Gasteiger partial charge in [0.2, 0.25) is 5.12 Å². The summed E-state index contributed by atoms with van der Waals surface area (Å²) in [5.74, 6) is -4.66. The van der Waals surface area contributed by atoms with Gasteiger partial charge in [-0.2, -0.15) is 36.5 Å². The number of benzene rings is 2. The Labute approximate surface area is 360 Å². The largest absolute Gasteiger partial charge is 0.477 e. The number of carbonyl (C=O) groups excluding carboxylic acids is 1. The summed E-state index contributed by atoms with van der Waals surface area (Å²) >= 11 is 12.8. The van der Waals surface area contributed by atoms with E-state index in [1.54, 1.807) is 0 Å². The van der Waals surface area contributed by atoms with Crippen molar-refractivity contribution in [2.75, 3.05) is 6.26 Å². The molecule has 0 radical (unpaired) electrons. The van der Waals surface area contributed by atoms with E-state index in [9.17, 15) is 49.8 Å². The smallest absolute Gasteiger partial charge is 0.434 e. The number of thioether (sulfide) groups is 1. The molecule has 0 atom stereocenters. The van der Waals surface area contributed by atoms with Gasteiger partial charge in [0, 0.05) is 12.4 Å². The number of pyridine rings is 2. The summed E-state index contributed by atoms with van der Waals surface area (Å²) in [6, 6.07) is 12.9. The van der Waals surface area contributed by atoms with E-state index in [2.05, 4.69) is 30.5 Å². The Morgan fingerprint density at radius 3 is 1.44 bits per heavy atom. The van der Waals surface area contributed by atoms with E-state index in [0.29, 0.717) is 21.1 Å². The van der Waals surface area contributed by atoms with Gasteiger partial charge in [0.15, 0.2) is 22.9 Å². The van der Waals surface area contributed by atoms with Crippen LogP contribution in [0.2, 0.25) is 10.0 Å². The summed E-state index contributed by atoms with van der Waals surface area (Å²) in [4.78, 5) is 32.2. The maximum atomic E-state index is 14.5. The highest BCUT2D eigenvalue weighted by Crippen LogP contribution is 2.45. The number of hydrogen-bond acceptors (Lipinski definition) is 11. The highest BCUT2D eigenvalue weighted by Gasteiger charge is 2.43. The van der Waals surface area contributed by atoms with Gasteiger partial charge in [-0.25, -0.2) is 22.9 Å². The number of aromatic nitrogens is 8. The molecule has 8 aromatic rings. The highest BCUT2D eigenvalue weighted by atomic mass is 35.5. The molecule has 0 aliphatic heterocycles. The lowest BCUT2D eigenvalue weighted by Crippen LogP contribution is -2.15. The van der Waals surface area contributed by atoms with Gasteiger partial charge >= 0.3 is 18.3 Å². The molecule has 0 aliphatic carbocycles. The Kier molecular flexibility index (Phi) is 12.2. The first kappa shape index (κ1) is 44.2. The van der Waals surface area contributed by atoms with Crippen LogP contribution in [0.5, 0.6) is 0 Å². The van der Waals surface area contributed by atoms with Crippen LogP contribution in [0, 0.1) is 11.6 Å². The third kappa shape index (κ3) is 8.51. The molecule has 24 heteroatoms. The molecule has 0 spiro atoms. The fourth-order valence-corrected chi connectivity index (χ4v) is 7.05. The molecule has 322 valence electrons. The Bertz CT molecular complexity index is 2950. The van der Waals surface area contributed by atoms with E-state index in [1.165, 1.54) is 73.4 Å². The van der Waals surface area contributed by atoms with Crippen molar-refractivity contribution in [3.8, 4) is 56.5 Å². The molecule has 0 fully saturated rings. The molecule has 0 saturated carbocycles. The fraction of sp³-hybridized carbons (Fsp3) is 0.0769. The lowest BCUT2D eigenvalue weighted by Gasteiger charge is -2.12. The van der Waals surface area contributed by atoms with E-state index in [4.69, 9.17) is 32.2 Å². The van der Waals surface area contributed by atoms with Crippen molar-refractivity contribution in [3.63, 3.8) is 0 Å². The Hall–Kier alpha value is -6.91. The minimum absolute atomic E-state index is 0.0187. The van der Waals surface area contributed by atoms with Crippen LogP contribution in [-0.4, -0.2) is 62.3 Å². The first-order valence-corrected chi connectivity index (χ1v) is 19.2. The lowest BCUT2D eigenvalue weighted by atomic mass is 10.0. The summed E-state index contributed by atoms with van der Waals surface area (Å²) in [5, 5.41) is 23.5. The summed E-state index contributed by atoms with van der Waals surface area (Å²) in [6.45, 7) is 0. The molecule has 8 rings (SSSR count). The normalized spacial score (nSPS) is 11.7. The number of nitrogens with zero attached hydrogens (tertiary/aromatic N) is 8. The van der Waals surface area contributed by atoms with E-state index < -0.39 is 85.9 Å². The zero-order valence-corrected chi connectivity index (χ0v) is 33.4. The van der Waals surface area contributed by atoms with Crippen molar-refractivity contribution < 1.29 is 58.9 Å². The minimum atomic E-state index is -4.96. The van der Waals surface area contributed by atoms with Crippen LogP contribution in [0.25, 0.3) is 56.5 Å².